The maximum absolute atomic E-state index is 13.4. The summed E-state index contributed by atoms with van der Waals surface area (Å²) in [5.74, 6) is -1.42. The molecular formula is C26H24N2O7S. The van der Waals surface area contributed by atoms with Crippen molar-refractivity contribution >= 4 is 27.8 Å². The smallest absolute Gasteiger partial charge is 0.322 e. The van der Waals surface area contributed by atoms with Crippen LogP contribution < -0.4 is 4.74 Å². The molecule has 9 nitrogen and oxygen atoms in total. The molecular weight excluding hydrogens is 484 g/mol. The van der Waals surface area contributed by atoms with E-state index in [1.165, 1.54) is 43.3 Å². The lowest BCUT2D eigenvalue weighted by atomic mass is 10.1. The highest BCUT2D eigenvalue weighted by atomic mass is 32.2. The molecule has 1 atom stereocenters. The Hall–Kier alpha value is -4.02. The topological polar surface area (TPSA) is 121 Å². The minimum Gasteiger partial charge on any atom is -0.480 e. The molecule has 36 heavy (non-hydrogen) atoms. The lowest BCUT2D eigenvalue weighted by Gasteiger charge is -2.28. The average Bonchev–Trinajstić information content (AvgIpc) is 3.12. The minimum absolute atomic E-state index is 0.100. The van der Waals surface area contributed by atoms with Gasteiger partial charge in [0.25, 0.3) is 11.8 Å². The molecule has 3 aromatic rings. The second-order valence-electron chi connectivity index (χ2n) is 8.05. The number of nitrogens with zero attached hydrogens (tertiary/aromatic N) is 2. The number of likely N-dealkylation sites (N-methyl/N-ethyl adjacent to an activating group) is 1. The van der Waals surface area contributed by atoms with Gasteiger partial charge in [0, 0.05) is 13.1 Å². The van der Waals surface area contributed by atoms with Crippen LogP contribution in [0.15, 0.2) is 83.8 Å². The quantitative estimate of drug-likeness (QED) is 0.415. The predicted molar refractivity (Wildman–Crippen MR) is 130 cm³/mol. The van der Waals surface area contributed by atoms with Crippen LogP contribution in [0.3, 0.4) is 0 Å². The number of hydrogen-bond acceptors (Lipinski definition) is 6. The number of amides is 2. The summed E-state index contributed by atoms with van der Waals surface area (Å²) in [5, 5.41) is 9.86. The fourth-order valence-corrected chi connectivity index (χ4v) is 5.70. The number of rotatable bonds is 10. The molecule has 186 valence electrons. The largest absolute Gasteiger partial charge is 0.480 e. The van der Waals surface area contributed by atoms with E-state index in [0.29, 0.717) is 11.5 Å². The molecule has 1 aliphatic heterocycles. The molecule has 2 amide bonds. The number of carbonyl (C=O) groups excluding carboxylic acids is 2. The molecule has 1 heterocycles. The highest BCUT2D eigenvalue weighted by Crippen LogP contribution is 2.27. The van der Waals surface area contributed by atoms with E-state index in [0.717, 1.165) is 9.21 Å². The molecule has 1 unspecified atom stereocenters. The molecule has 0 aromatic heterocycles. The molecule has 0 spiro atoms. The van der Waals surface area contributed by atoms with Crippen molar-refractivity contribution in [1.82, 2.24) is 9.21 Å². The number of carboxylic acid groups (broad SMARTS) is 1. The summed E-state index contributed by atoms with van der Waals surface area (Å²) >= 11 is 0. The Morgan fingerprint density at radius 2 is 1.42 bits per heavy atom. The Bertz CT molecular complexity index is 1350. The first-order valence-corrected chi connectivity index (χ1v) is 12.7. The van der Waals surface area contributed by atoms with Gasteiger partial charge in [0.15, 0.2) is 0 Å². The number of carboxylic acids is 1. The van der Waals surface area contributed by atoms with Crippen LogP contribution in [-0.4, -0.2) is 59.6 Å². The van der Waals surface area contributed by atoms with Crippen molar-refractivity contribution in [2.24, 2.45) is 0 Å². The zero-order valence-electron chi connectivity index (χ0n) is 19.4. The second-order valence-corrected chi connectivity index (χ2v) is 9.94. The van der Waals surface area contributed by atoms with Crippen molar-refractivity contribution in [3.8, 4) is 11.5 Å². The van der Waals surface area contributed by atoms with Gasteiger partial charge in [0.1, 0.15) is 17.5 Å². The molecule has 0 aliphatic carbocycles. The van der Waals surface area contributed by atoms with Crippen molar-refractivity contribution in [3.63, 3.8) is 0 Å². The highest BCUT2D eigenvalue weighted by molar-refractivity contribution is 7.89. The second kappa shape index (κ2) is 10.3. The van der Waals surface area contributed by atoms with E-state index in [-0.39, 0.29) is 35.5 Å². The number of imide groups is 1. The summed E-state index contributed by atoms with van der Waals surface area (Å²) in [5.41, 5.74) is 0.485. The van der Waals surface area contributed by atoms with Crippen molar-refractivity contribution in [2.45, 2.75) is 24.3 Å². The molecule has 0 bridgehead atoms. The lowest BCUT2D eigenvalue weighted by molar-refractivity contribution is -0.141. The summed E-state index contributed by atoms with van der Waals surface area (Å²) in [6, 6.07) is 19.5. The average molecular weight is 509 g/mol. The third kappa shape index (κ3) is 4.86. The van der Waals surface area contributed by atoms with E-state index in [2.05, 4.69) is 0 Å². The number of carbonyl (C=O) groups is 3. The molecule has 0 radical (unpaired) electrons. The van der Waals surface area contributed by atoms with Crippen LogP contribution in [0.2, 0.25) is 0 Å². The van der Waals surface area contributed by atoms with E-state index < -0.39 is 33.8 Å². The van der Waals surface area contributed by atoms with E-state index in [9.17, 15) is 27.9 Å². The van der Waals surface area contributed by atoms with E-state index in [1.807, 2.05) is 6.07 Å². The third-order valence-corrected chi connectivity index (χ3v) is 7.86. The van der Waals surface area contributed by atoms with Crippen molar-refractivity contribution in [3.05, 3.63) is 90.0 Å². The number of hydrogen-bond donors (Lipinski definition) is 1. The molecule has 0 fully saturated rings. The van der Waals surface area contributed by atoms with Gasteiger partial charge >= 0.3 is 5.97 Å². The summed E-state index contributed by atoms with van der Waals surface area (Å²) in [6.07, 6.45) is -0.261. The van der Waals surface area contributed by atoms with Crippen LogP contribution in [0.1, 0.15) is 34.1 Å². The maximum atomic E-state index is 13.4. The number of fused-ring (bicyclic) bond motifs is 1. The Kier molecular flexibility index (Phi) is 7.18. The van der Waals surface area contributed by atoms with Gasteiger partial charge in [-0.1, -0.05) is 37.3 Å². The predicted octanol–water partition coefficient (Wildman–Crippen LogP) is 3.63. The van der Waals surface area contributed by atoms with Crippen LogP contribution in [0.4, 0.5) is 0 Å². The van der Waals surface area contributed by atoms with Crippen LogP contribution in [0.25, 0.3) is 0 Å². The van der Waals surface area contributed by atoms with E-state index >= 15 is 0 Å². The van der Waals surface area contributed by atoms with E-state index in [1.54, 1.807) is 36.4 Å². The minimum atomic E-state index is -4.20. The zero-order chi connectivity index (χ0) is 25.9. The fraction of sp³-hybridized carbons (Fsp3) is 0.192. The van der Waals surface area contributed by atoms with Crippen molar-refractivity contribution in [2.75, 3.05) is 13.1 Å². The molecule has 1 N–H and O–H groups in total. The number of aliphatic carboxylic acids is 1. The summed E-state index contributed by atoms with van der Waals surface area (Å²) in [7, 11) is -4.20. The van der Waals surface area contributed by atoms with Gasteiger partial charge in [-0.05, 0) is 55.0 Å². The lowest BCUT2D eigenvalue weighted by Crippen LogP contribution is -2.47. The van der Waals surface area contributed by atoms with Gasteiger partial charge in [-0.15, -0.1) is 0 Å². The number of ether oxygens (including phenoxy) is 1. The standard InChI is InChI=1S/C26H24N2O7S/c1-2-28(36(33,34)20-14-12-19(13-15-20)35-18-8-4-3-5-9-18)23(26(31)32)16-17-27-24(29)21-10-6-7-11-22(21)25(27)30/h3-15,23H,2,16-17H2,1H3,(H,31,32). The Balaban J connectivity index is 1.51. The summed E-state index contributed by atoms with van der Waals surface area (Å²) < 4.78 is 33.3. The first kappa shape index (κ1) is 25.1. The number of benzene rings is 3. The zero-order valence-corrected chi connectivity index (χ0v) is 20.2. The Labute approximate surface area is 208 Å². The highest BCUT2D eigenvalue weighted by Gasteiger charge is 2.39. The number of para-hydroxylation sites is 1. The first-order valence-electron chi connectivity index (χ1n) is 11.3. The van der Waals surface area contributed by atoms with Gasteiger partial charge in [0.05, 0.1) is 16.0 Å². The molecule has 1 aliphatic rings. The molecule has 10 heteroatoms. The molecule has 0 saturated carbocycles. The van der Waals surface area contributed by atoms with Crippen molar-refractivity contribution < 1.29 is 32.6 Å². The fourth-order valence-electron chi connectivity index (χ4n) is 4.08. The van der Waals surface area contributed by atoms with Crippen LogP contribution >= 0.6 is 0 Å². The van der Waals surface area contributed by atoms with Crippen LogP contribution in [0.5, 0.6) is 11.5 Å². The monoisotopic (exact) mass is 508 g/mol. The van der Waals surface area contributed by atoms with Gasteiger partial charge in [0.2, 0.25) is 10.0 Å². The Morgan fingerprint density at radius 3 is 1.94 bits per heavy atom. The van der Waals surface area contributed by atoms with Gasteiger partial charge in [-0.3, -0.25) is 19.3 Å². The molecule has 4 rings (SSSR count). The van der Waals surface area contributed by atoms with Crippen molar-refractivity contribution in [1.29, 1.82) is 0 Å². The van der Waals surface area contributed by atoms with Gasteiger partial charge in [-0.25, -0.2) is 8.42 Å². The van der Waals surface area contributed by atoms with Crippen LogP contribution in [0, 0.1) is 0 Å². The summed E-state index contributed by atoms with van der Waals surface area (Å²) in [4.78, 5) is 38.2. The normalized spacial score (nSPS) is 14.1. The SMILES string of the molecule is CCN(C(CCN1C(=O)c2ccccc2C1=O)C(=O)O)S(=O)(=O)c1ccc(Oc2ccccc2)cc1. The van der Waals surface area contributed by atoms with Gasteiger partial charge in [-0.2, -0.15) is 4.31 Å². The molecule has 3 aromatic carbocycles. The van der Waals surface area contributed by atoms with Gasteiger partial charge < -0.3 is 9.84 Å². The number of sulfonamides is 1. The summed E-state index contributed by atoms with van der Waals surface area (Å²) in [6.45, 7) is 1.17. The van der Waals surface area contributed by atoms with Crippen LogP contribution in [-0.2, 0) is 14.8 Å². The van der Waals surface area contributed by atoms with E-state index in [4.69, 9.17) is 4.74 Å². The third-order valence-electron chi connectivity index (χ3n) is 5.86. The Morgan fingerprint density at radius 1 is 0.889 bits per heavy atom. The maximum Gasteiger partial charge on any atom is 0.322 e. The molecule has 0 saturated heterocycles. The first-order chi connectivity index (χ1) is 17.2.